The lowest BCUT2D eigenvalue weighted by Crippen LogP contribution is -2.44. The molecule has 1 N–H and O–H groups in total. The van der Waals surface area contributed by atoms with E-state index in [1.165, 1.54) is 0 Å². The highest BCUT2D eigenvalue weighted by molar-refractivity contribution is 5.73. The van der Waals surface area contributed by atoms with Gasteiger partial charge in [0.05, 0.1) is 6.67 Å². The monoisotopic (exact) mass is 298 g/mol. The van der Waals surface area contributed by atoms with E-state index >= 15 is 0 Å². The Hall–Kier alpha value is -1.02. The maximum Gasteiger partial charge on any atom is 0.341 e. The van der Waals surface area contributed by atoms with Gasteiger partial charge in [0.2, 0.25) is 6.17 Å². The highest BCUT2D eigenvalue weighted by Gasteiger charge is 2.45. The maximum atomic E-state index is 13.1. The first-order valence-corrected chi connectivity index (χ1v) is 5.37. The molecule has 0 aliphatic heterocycles. The van der Waals surface area contributed by atoms with Crippen LogP contribution in [0.3, 0.4) is 0 Å². The molecule has 0 saturated heterocycles. The van der Waals surface area contributed by atoms with E-state index in [2.05, 4.69) is 0 Å². The third-order valence-electron chi connectivity index (χ3n) is 2.39. The van der Waals surface area contributed by atoms with Crippen molar-refractivity contribution in [3.05, 3.63) is 0 Å². The van der Waals surface area contributed by atoms with E-state index in [1.54, 1.807) is 0 Å². The van der Waals surface area contributed by atoms with E-state index < -0.39 is 62.5 Å². The lowest BCUT2D eigenvalue weighted by atomic mass is 9.99. The van der Waals surface area contributed by atoms with E-state index in [9.17, 15) is 35.5 Å². The van der Waals surface area contributed by atoms with Crippen LogP contribution in [-0.4, -0.2) is 54.8 Å². The molecule has 114 valence electrons. The molecule has 0 aliphatic carbocycles. The third kappa shape index (κ3) is 5.23. The van der Waals surface area contributed by atoms with Crippen molar-refractivity contribution < 1.29 is 40.6 Å². The number of rotatable bonds is 9. The zero-order valence-electron chi connectivity index (χ0n) is 9.59. The van der Waals surface area contributed by atoms with Crippen LogP contribution in [0, 0.1) is 0 Å². The molecule has 0 aromatic heterocycles. The SMILES string of the molecule is O=C(O)C(F)C(F)C(F)C(F)C(F)C(F)CCCF. The second-order valence-corrected chi connectivity index (χ2v) is 3.86. The van der Waals surface area contributed by atoms with Crippen molar-refractivity contribution in [2.75, 3.05) is 6.67 Å². The standard InChI is InChI=1S/C10H13F7O2/c11-3-1-2-4(12)5(13)6(14)7(15)8(16)9(17)10(18)19/h4-9H,1-3H2,(H,18,19). The molecule has 0 radical (unpaired) electrons. The summed E-state index contributed by atoms with van der Waals surface area (Å²) in [6.45, 7) is -1.000. The Morgan fingerprint density at radius 2 is 1.37 bits per heavy atom. The first kappa shape index (κ1) is 18.0. The fraction of sp³-hybridized carbons (Fsp3) is 0.900. The number of hydrogen-bond donors (Lipinski definition) is 1. The summed E-state index contributed by atoms with van der Waals surface area (Å²) in [6, 6.07) is 0. The van der Waals surface area contributed by atoms with Gasteiger partial charge in [0.25, 0.3) is 0 Å². The molecule has 0 amide bonds. The second kappa shape index (κ2) is 8.21. The smallest absolute Gasteiger partial charge is 0.341 e. The van der Waals surface area contributed by atoms with Gasteiger partial charge < -0.3 is 5.11 Å². The molecule has 2 nitrogen and oxygen atoms in total. The Morgan fingerprint density at radius 1 is 0.895 bits per heavy atom. The van der Waals surface area contributed by atoms with Crippen LogP contribution in [0.4, 0.5) is 30.7 Å². The second-order valence-electron chi connectivity index (χ2n) is 3.86. The van der Waals surface area contributed by atoms with Crippen molar-refractivity contribution in [2.45, 2.75) is 49.9 Å². The minimum absolute atomic E-state index is 0.439. The molecular formula is C10H13F7O2. The van der Waals surface area contributed by atoms with Gasteiger partial charge in [-0.15, -0.1) is 0 Å². The van der Waals surface area contributed by atoms with Gasteiger partial charge in [0, 0.05) is 0 Å². The van der Waals surface area contributed by atoms with Gasteiger partial charge in [-0.1, -0.05) is 0 Å². The minimum Gasteiger partial charge on any atom is -0.479 e. The quantitative estimate of drug-likeness (QED) is 0.665. The van der Waals surface area contributed by atoms with E-state index in [1.807, 2.05) is 0 Å². The fourth-order valence-electron chi connectivity index (χ4n) is 1.28. The number of carboxylic acids is 1. The summed E-state index contributed by atoms with van der Waals surface area (Å²) in [5.41, 5.74) is 0. The van der Waals surface area contributed by atoms with Crippen molar-refractivity contribution in [3.63, 3.8) is 0 Å². The van der Waals surface area contributed by atoms with Gasteiger partial charge in [-0.3, -0.25) is 4.39 Å². The Labute approximate surface area is 104 Å². The molecule has 0 aromatic rings. The van der Waals surface area contributed by atoms with Crippen molar-refractivity contribution in [3.8, 4) is 0 Å². The maximum absolute atomic E-state index is 13.1. The van der Waals surface area contributed by atoms with Crippen molar-refractivity contribution >= 4 is 5.97 Å². The van der Waals surface area contributed by atoms with E-state index in [4.69, 9.17) is 5.11 Å². The molecule has 0 saturated carbocycles. The van der Waals surface area contributed by atoms with Gasteiger partial charge in [0.1, 0.15) is 6.17 Å². The van der Waals surface area contributed by atoms with E-state index in [-0.39, 0.29) is 0 Å². The van der Waals surface area contributed by atoms with E-state index in [0.29, 0.717) is 0 Å². The summed E-state index contributed by atoms with van der Waals surface area (Å²) in [4.78, 5) is 10.00. The number of aliphatic carboxylic acids is 1. The predicted octanol–water partition coefficient (Wildman–Crippen LogP) is 2.85. The van der Waals surface area contributed by atoms with Gasteiger partial charge in [-0.2, -0.15) is 0 Å². The van der Waals surface area contributed by atoms with Crippen LogP contribution < -0.4 is 0 Å². The number of hydrogen-bond acceptors (Lipinski definition) is 1. The average Bonchev–Trinajstić information content (AvgIpc) is 2.40. The zero-order chi connectivity index (χ0) is 15.2. The Balaban J connectivity index is 4.53. The summed E-state index contributed by atoms with van der Waals surface area (Å²) in [5.74, 6) is -2.38. The van der Waals surface area contributed by atoms with Crippen LogP contribution in [0.25, 0.3) is 0 Å². The summed E-state index contributed by atoms with van der Waals surface area (Å²) in [5, 5.41) is 8.03. The number of carboxylic acid groups (broad SMARTS) is 1. The minimum atomic E-state index is -3.47. The van der Waals surface area contributed by atoms with E-state index in [0.717, 1.165) is 0 Å². The largest absolute Gasteiger partial charge is 0.479 e. The Morgan fingerprint density at radius 3 is 1.79 bits per heavy atom. The molecule has 6 atom stereocenters. The predicted molar refractivity (Wildman–Crippen MR) is 52.2 cm³/mol. The van der Waals surface area contributed by atoms with Gasteiger partial charge in [-0.25, -0.2) is 31.1 Å². The molecule has 0 rings (SSSR count). The molecule has 0 heterocycles. The molecule has 0 spiro atoms. The fourth-order valence-corrected chi connectivity index (χ4v) is 1.28. The van der Waals surface area contributed by atoms with Crippen molar-refractivity contribution in [1.29, 1.82) is 0 Å². The Bertz CT molecular complexity index is 279. The first-order valence-electron chi connectivity index (χ1n) is 5.37. The average molecular weight is 298 g/mol. The van der Waals surface area contributed by atoms with Crippen LogP contribution in [0.1, 0.15) is 12.8 Å². The Kier molecular flexibility index (Phi) is 7.77. The number of alkyl halides is 7. The van der Waals surface area contributed by atoms with Crippen molar-refractivity contribution in [1.82, 2.24) is 0 Å². The highest BCUT2D eigenvalue weighted by Crippen LogP contribution is 2.25. The third-order valence-corrected chi connectivity index (χ3v) is 2.39. The number of halogens is 7. The molecular weight excluding hydrogens is 285 g/mol. The van der Waals surface area contributed by atoms with Gasteiger partial charge >= 0.3 is 5.97 Å². The normalized spacial score (nSPS) is 21.2. The topological polar surface area (TPSA) is 37.3 Å². The molecule has 0 aliphatic rings. The first-order chi connectivity index (χ1) is 8.73. The summed E-state index contributed by atoms with van der Waals surface area (Å²) in [6.07, 6.45) is -20.6. The molecule has 19 heavy (non-hydrogen) atoms. The van der Waals surface area contributed by atoms with Crippen LogP contribution in [0.5, 0.6) is 0 Å². The van der Waals surface area contributed by atoms with Crippen molar-refractivity contribution in [2.24, 2.45) is 0 Å². The van der Waals surface area contributed by atoms with Crippen LogP contribution in [0.2, 0.25) is 0 Å². The highest BCUT2D eigenvalue weighted by atomic mass is 19.2. The lowest BCUT2D eigenvalue weighted by Gasteiger charge is -2.22. The summed E-state index contributed by atoms with van der Waals surface area (Å²) < 4.78 is 89.1. The summed E-state index contributed by atoms with van der Waals surface area (Å²) in [7, 11) is 0. The molecule has 0 fully saturated rings. The number of carbonyl (C=O) groups is 1. The van der Waals surface area contributed by atoms with Crippen LogP contribution in [0.15, 0.2) is 0 Å². The van der Waals surface area contributed by atoms with Crippen LogP contribution >= 0.6 is 0 Å². The molecule has 6 unspecified atom stereocenters. The van der Waals surface area contributed by atoms with Gasteiger partial charge in [0.15, 0.2) is 24.7 Å². The molecule has 0 bridgehead atoms. The zero-order valence-corrected chi connectivity index (χ0v) is 9.59. The van der Waals surface area contributed by atoms with Gasteiger partial charge in [-0.05, 0) is 12.8 Å². The molecule has 0 aromatic carbocycles. The van der Waals surface area contributed by atoms with Crippen LogP contribution in [-0.2, 0) is 4.79 Å². The lowest BCUT2D eigenvalue weighted by molar-refractivity contribution is -0.147. The summed E-state index contributed by atoms with van der Waals surface area (Å²) >= 11 is 0. The molecule has 9 heteroatoms.